The fraction of sp³-hybridized carbons (Fsp3) is 0.588. The third kappa shape index (κ3) is 5.27. The number of amides is 1. The van der Waals surface area contributed by atoms with Crippen molar-refractivity contribution in [3.8, 4) is 0 Å². The summed E-state index contributed by atoms with van der Waals surface area (Å²) in [5, 5.41) is 3.07. The first kappa shape index (κ1) is 18.9. The molecule has 3 atom stereocenters. The minimum absolute atomic E-state index is 0. The Bertz CT molecular complexity index is 454. The lowest BCUT2D eigenvalue weighted by molar-refractivity contribution is -0.123. The molecule has 2 unspecified atom stereocenters. The number of nitrogens with zero attached hydrogens (tertiary/aromatic N) is 1. The highest BCUT2D eigenvalue weighted by atomic mass is 35.5. The number of benzene rings is 1. The van der Waals surface area contributed by atoms with Crippen LogP contribution in [0, 0.1) is 5.92 Å². The summed E-state index contributed by atoms with van der Waals surface area (Å²) in [6.07, 6.45) is 1.82. The normalized spacial score (nSPS) is 21.0. The second-order valence-electron chi connectivity index (χ2n) is 6.08. The molecule has 1 heterocycles. The zero-order valence-corrected chi connectivity index (χ0v) is 14.3. The summed E-state index contributed by atoms with van der Waals surface area (Å²) in [6.45, 7) is 7.16. The number of hydrogen-bond acceptors (Lipinski definition) is 3. The average molecular weight is 326 g/mol. The summed E-state index contributed by atoms with van der Waals surface area (Å²) in [7, 11) is 0. The highest BCUT2D eigenvalue weighted by molar-refractivity contribution is 5.85. The fourth-order valence-corrected chi connectivity index (χ4v) is 2.89. The third-order valence-corrected chi connectivity index (χ3v) is 4.41. The lowest BCUT2D eigenvalue weighted by atomic mass is 10.00. The van der Waals surface area contributed by atoms with Gasteiger partial charge in [-0.15, -0.1) is 12.4 Å². The highest BCUT2D eigenvalue weighted by Gasteiger charge is 2.28. The smallest absolute Gasteiger partial charge is 0.237 e. The van der Waals surface area contributed by atoms with E-state index in [-0.39, 0.29) is 30.4 Å². The molecule has 5 heteroatoms. The number of rotatable bonds is 6. The van der Waals surface area contributed by atoms with Gasteiger partial charge in [0.15, 0.2) is 0 Å². The Morgan fingerprint density at radius 3 is 2.73 bits per heavy atom. The summed E-state index contributed by atoms with van der Waals surface area (Å²) in [5.41, 5.74) is 7.12. The van der Waals surface area contributed by atoms with E-state index >= 15 is 0 Å². The number of nitrogens with two attached hydrogens (primary N) is 1. The van der Waals surface area contributed by atoms with E-state index in [9.17, 15) is 4.79 Å². The number of halogens is 1. The molecule has 3 N–H and O–H groups in total. The van der Waals surface area contributed by atoms with E-state index in [1.54, 1.807) is 0 Å². The van der Waals surface area contributed by atoms with Crippen molar-refractivity contribution in [1.82, 2.24) is 10.2 Å². The van der Waals surface area contributed by atoms with E-state index in [1.807, 2.05) is 13.0 Å². The van der Waals surface area contributed by atoms with E-state index in [1.165, 1.54) is 5.56 Å². The van der Waals surface area contributed by atoms with Crippen LogP contribution in [-0.4, -0.2) is 36.0 Å². The largest absolute Gasteiger partial charge is 0.352 e. The van der Waals surface area contributed by atoms with Crippen LogP contribution in [0.5, 0.6) is 0 Å². The molecule has 0 spiro atoms. The van der Waals surface area contributed by atoms with Crippen LogP contribution in [0.1, 0.15) is 32.3 Å². The maximum atomic E-state index is 11.9. The highest BCUT2D eigenvalue weighted by Crippen LogP contribution is 2.21. The van der Waals surface area contributed by atoms with Crippen molar-refractivity contribution in [2.45, 2.75) is 45.3 Å². The molecule has 0 radical (unpaired) electrons. The molecule has 0 aliphatic carbocycles. The maximum Gasteiger partial charge on any atom is 0.237 e. The van der Waals surface area contributed by atoms with E-state index in [0.717, 1.165) is 26.1 Å². The molecule has 1 aliphatic heterocycles. The molecule has 1 aromatic rings. The summed E-state index contributed by atoms with van der Waals surface area (Å²) < 4.78 is 0. The molecule has 0 saturated carbocycles. The van der Waals surface area contributed by atoms with Crippen LogP contribution < -0.4 is 11.1 Å². The summed E-state index contributed by atoms with van der Waals surface area (Å²) >= 11 is 0. The first-order valence-electron chi connectivity index (χ1n) is 7.92. The van der Waals surface area contributed by atoms with Crippen LogP contribution >= 0.6 is 12.4 Å². The van der Waals surface area contributed by atoms with Gasteiger partial charge < -0.3 is 11.1 Å². The quantitative estimate of drug-likeness (QED) is 0.842. The molecule has 22 heavy (non-hydrogen) atoms. The van der Waals surface area contributed by atoms with Gasteiger partial charge >= 0.3 is 0 Å². The molecule has 0 bridgehead atoms. The molecule has 1 fully saturated rings. The van der Waals surface area contributed by atoms with Gasteiger partial charge in [-0.25, -0.2) is 0 Å². The van der Waals surface area contributed by atoms with Crippen molar-refractivity contribution in [2.24, 2.45) is 11.7 Å². The lowest BCUT2D eigenvalue weighted by Crippen LogP contribution is -2.47. The molecular formula is C17H28ClN3O. The van der Waals surface area contributed by atoms with E-state index in [2.05, 4.69) is 41.4 Å². The minimum atomic E-state index is -0.380. The van der Waals surface area contributed by atoms with Gasteiger partial charge in [0.05, 0.1) is 6.04 Å². The number of nitrogens with one attached hydrogen (secondary N) is 1. The van der Waals surface area contributed by atoms with Gasteiger partial charge in [-0.3, -0.25) is 9.69 Å². The Kier molecular flexibility index (Phi) is 7.87. The summed E-state index contributed by atoms with van der Waals surface area (Å²) in [5.74, 6) is 0.494. The topological polar surface area (TPSA) is 58.4 Å². The van der Waals surface area contributed by atoms with Crippen molar-refractivity contribution in [2.75, 3.05) is 13.1 Å². The van der Waals surface area contributed by atoms with Gasteiger partial charge in [0.1, 0.15) is 0 Å². The Morgan fingerprint density at radius 1 is 1.41 bits per heavy atom. The van der Waals surface area contributed by atoms with Crippen LogP contribution in [-0.2, 0) is 11.3 Å². The molecule has 1 aliphatic rings. The van der Waals surface area contributed by atoms with Gasteiger partial charge in [-0.2, -0.15) is 0 Å². The van der Waals surface area contributed by atoms with Gasteiger partial charge in [0.25, 0.3) is 0 Å². The Hall–Kier alpha value is -1.10. The predicted octanol–water partition coefficient (Wildman–Crippen LogP) is 2.17. The predicted molar refractivity (Wildman–Crippen MR) is 92.9 cm³/mol. The molecule has 2 rings (SSSR count). The minimum Gasteiger partial charge on any atom is -0.352 e. The molecule has 1 aromatic carbocycles. The van der Waals surface area contributed by atoms with Crippen LogP contribution in [0.3, 0.4) is 0 Å². The second kappa shape index (κ2) is 9.13. The van der Waals surface area contributed by atoms with Crippen molar-refractivity contribution >= 4 is 18.3 Å². The Balaban J connectivity index is 0.00000242. The summed E-state index contributed by atoms with van der Waals surface area (Å²) in [6, 6.07) is 10.4. The van der Waals surface area contributed by atoms with Crippen molar-refractivity contribution in [3.63, 3.8) is 0 Å². The van der Waals surface area contributed by atoms with Gasteiger partial charge in [-0.05, 0) is 37.8 Å². The summed E-state index contributed by atoms with van der Waals surface area (Å²) in [4.78, 5) is 14.3. The zero-order chi connectivity index (χ0) is 15.2. The van der Waals surface area contributed by atoms with Gasteiger partial charge in [0.2, 0.25) is 5.91 Å². The molecule has 4 nitrogen and oxygen atoms in total. The third-order valence-electron chi connectivity index (χ3n) is 4.41. The van der Waals surface area contributed by atoms with Crippen LogP contribution in [0.4, 0.5) is 0 Å². The van der Waals surface area contributed by atoms with Crippen LogP contribution in [0.15, 0.2) is 30.3 Å². The first-order valence-corrected chi connectivity index (χ1v) is 7.92. The number of hydrogen-bond donors (Lipinski definition) is 2. The molecule has 0 aromatic heterocycles. The SMILES string of the molecule is CC[C@H](N)C(=O)NC(C)C1CCN(Cc2ccccc2)C1.Cl. The van der Waals surface area contributed by atoms with Crippen LogP contribution in [0.2, 0.25) is 0 Å². The molecule has 1 amide bonds. The van der Waals surface area contributed by atoms with E-state index in [0.29, 0.717) is 12.3 Å². The van der Waals surface area contributed by atoms with Crippen molar-refractivity contribution in [3.05, 3.63) is 35.9 Å². The first-order chi connectivity index (χ1) is 10.1. The maximum absolute atomic E-state index is 11.9. The number of carbonyl (C=O) groups excluding carboxylic acids is 1. The van der Waals surface area contributed by atoms with Crippen molar-refractivity contribution in [1.29, 1.82) is 0 Å². The standard InChI is InChI=1S/C17H27N3O.ClH/c1-3-16(18)17(21)19-13(2)15-9-10-20(12-15)11-14-7-5-4-6-8-14;/h4-8,13,15-16H,3,9-12,18H2,1-2H3,(H,19,21);1H/t13?,15?,16-;/m0./s1. The average Bonchev–Trinajstić information content (AvgIpc) is 2.96. The zero-order valence-electron chi connectivity index (χ0n) is 13.5. The van der Waals surface area contributed by atoms with Gasteiger partial charge in [0, 0.05) is 19.1 Å². The van der Waals surface area contributed by atoms with Crippen LogP contribution in [0.25, 0.3) is 0 Å². The molecule has 124 valence electrons. The fourth-order valence-electron chi connectivity index (χ4n) is 2.89. The Labute approximate surface area is 139 Å². The molecular weight excluding hydrogens is 298 g/mol. The molecule has 1 saturated heterocycles. The number of carbonyl (C=O) groups is 1. The van der Waals surface area contributed by atoms with E-state index in [4.69, 9.17) is 5.73 Å². The van der Waals surface area contributed by atoms with Crippen molar-refractivity contribution < 1.29 is 4.79 Å². The Morgan fingerprint density at radius 2 is 2.09 bits per heavy atom. The lowest BCUT2D eigenvalue weighted by Gasteiger charge is -2.23. The van der Waals surface area contributed by atoms with Gasteiger partial charge in [-0.1, -0.05) is 37.3 Å². The second-order valence-corrected chi connectivity index (χ2v) is 6.08. The van der Waals surface area contributed by atoms with E-state index < -0.39 is 0 Å². The number of likely N-dealkylation sites (tertiary alicyclic amines) is 1. The monoisotopic (exact) mass is 325 g/mol.